The summed E-state index contributed by atoms with van der Waals surface area (Å²) in [7, 11) is 0. The third-order valence-corrected chi connectivity index (χ3v) is 5.22. The van der Waals surface area contributed by atoms with Gasteiger partial charge in [0, 0.05) is 17.8 Å². The minimum absolute atomic E-state index is 0.266. The first-order valence-corrected chi connectivity index (χ1v) is 7.85. The van der Waals surface area contributed by atoms with E-state index < -0.39 is 5.60 Å². The van der Waals surface area contributed by atoms with Gasteiger partial charge in [-0.3, -0.25) is 4.98 Å². The first-order chi connectivity index (χ1) is 9.19. The summed E-state index contributed by atoms with van der Waals surface area (Å²) in [4.78, 5) is 4.61. The highest BCUT2D eigenvalue weighted by atomic mass is 16.3. The highest BCUT2D eigenvalue weighted by Gasteiger charge is 2.41. The lowest BCUT2D eigenvalue weighted by Crippen LogP contribution is -2.38. The third-order valence-electron chi connectivity index (χ3n) is 5.22. The van der Waals surface area contributed by atoms with Gasteiger partial charge in [-0.1, -0.05) is 25.8 Å². The number of nitrogens with zero attached hydrogens (tertiary/aromatic N) is 1. The quantitative estimate of drug-likeness (QED) is 0.777. The molecule has 0 aliphatic heterocycles. The smallest absolute Gasteiger partial charge is 0.0731 e. The van der Waals surface area contributed by atoms with E-state index in [1.54, 1.807) is 0 Å². The van der Waals surface area contributed by atoms with E-state index in [-0.39, 0.29) is 5.92 Å². The lowest BCUT2D eigenvalue weighted by molar-refractivity contribution is -0.00997. The second kappa shape index (κ2) is 5.24. The van der Waals surface area contributed by atoms with E-state index in [2.05, 4.69) is 18.0 Å². The van der Waals surface area contributed by atoms with Crippen LogP contribution in [0.4, 0.5) is 0 Å². The molecule has 2 nitrogen and oxygen atoms in total. The van der Waals surface area contributed by atoms with Crippen molar-refractivity contribution < 1.29 is 5.11 Å². The molecule has 0 aromatic carbocycles. The highest BCUT2D eigenvalue weighted by molar-refractivity contribution is 5.28. The monoisotopic (exact) mass is 259 g/mol. The van der Waals surface area contributed by atoms with Gasteiger partial charge in [0.2, 0.25) is 0 Å². The molecular formula is C17H25NO. The average Bonchev–Trinajstić information content (AvgIpc) is 2.61. The molecule has 3 atom stereocenters. The first kappa shape index (κ1) is 13.1. The summed E-state index contributed by atoms with van der Waals surface area (Å²) < 4.78 is 0. The van der Waals surface area contributed by atoms with E-state index in [0.29, 0.717) is 0 Å². The SMILES string of the molecule is CC1CCCC(O)(C2CCCc3cccnc32)CC1. The number of rotatable bonds is 1. The van der Waals surface area contributed by atoms with Crippen LogP contribution in [0.25, 0.3) is 0 Å². The Balaban J connectivity index is 1.89. The Morgan fingerprint density at radius 3 is 3.00 bits per heavy atom. The zero-order chi connectivity index (χ0) is 13.3. The molecule has 1 fully saturated rings. The number of aliphatic hydroxyl groups is 1. The molecule has 19 heavy (non-hydrogen) atoms. The predicted octanol–water partition coefficient (Wildman–Crippen LogP) is 3.83. The highest BCUT2D eigenvalue weighted by Crippen LogP contribution is 2.45. The molecule has 104 valence electrons. The maximum absolute atomic E-state index is 11.2. The van der Waals surface area contributed by atoms with Crippen LogP contribution < -0.4 is 0 Å². The predicted molar refractivity (Wildman–Crippen MR) is 77.1 cm³/mol. The summed E-state index contributed by atoms with van der Waals surface area (Å²) in [6.07, 6.45) is 10.8. The molecule has 2 heteroatoms. The number of pyridine rings is 1. The number of hydrogen-bond donors (Lipinski definition) is 1. The molecular weight excluding hydrogens is 234 g/mol. The zero-order valence-corrected chi connectivity index (χ0v) is 11.9. The van der Waals surface area contributed by atoms with Crippen LogP contribution in [0.3, 0.4) is 0 Å². The van der Waals surface area contributed by atoms with Gasteiger partial charge in [-0.05, 0) is 56.1 Å². The van der Waals surface area contributed by atoms with E-state index in [1.807, 2.05) is 12.3 Å². The zero-order valence-electron chi connectivity index (χ0n) is 11.9. The molecule has 1 saturated carbocycles. The molecule has 3 unspecified atom stereocenters. The standard InChI is InChI=1S/C17H25NO/c1-13-5-3-10-17(19,11-9-13)15-8-2-6-14-7-4-12-18-16(14)15/h4,7,12-13,15,19H,2-3,5-6,8-11H2,1H3. The van der Waals surface area contributed by atoms with Crippen LogP contribution in [-0.4, -0.2) is 15.7 Å². The molecule has 0 amide bonds. The molecule has 1 aromatic rings. The van der Waals surface area contributed by atoms with Crippen molar-refractivity contribution in [1.82, 2.24) is 4.98 Å². The second-order valence-corrected chi connectivity index (χ2v) is 6.63. The van der Waals surface area contributed by atoms with Crippen molar-refractivity contribution in [2.75, 3.05) is 0 Å². The lowest BCUT2D eigenvalue weighted by Gasteiger charge is -2.38. The Kier molecular flexibility index (Phi) is 3.62. The third kappa shape index (κ3) is 2.55. The van der Waals surface area contributed by atoms with Crippen molar-refractivity contribution in [2.24, 2.45) is 5.92 Å². The normalized spacial score (nSPS) is 35.5. The summed E-state index contributed by atoms with van der Waals surface area (Å²) in [6.45, 7) is 2.32. The molecule has 0 saturated heterocycles. The maximum Gasteiger partial charge on any atom is 0.0731 e. The Labute approximate surface area is 116 Å². The Bertz CT molecular complexity index is 445. The fourth-order valence-electron chi connectivity index (χ4n) is 4.00. The Hall–Kier alpha value is -0.890. The molecule has 2 aliphatic carbocycles. The molecule has 0 spiro atoms. The molecule has 1 N–H and O–H groups in total. The molecule has 3 rings (SSSR count). The van der Waals surface area contributed by atoms with Gasteiger partial charge in [-0.2, -0.15) is 0 Å². The summed E-state index contributed by atoms with van der Waals surface area (Å²) in [6, 6.07) is 4.22. The Morgan fingerprint density at radius 2 is 2.11 bits per heavy atom. The first-order valence-electron chi connectivity index (χ1n) is 7.85. The number of fused-ring (bicyclic) bond motifs is 1. The van der Waals surface area contributed by atoms with Crippen LogP contribution in [0, 0.1) is 5.92 Å². The maximum atomic E-state index is 11.2. The molecule has 1 aromatic heterocycles. The van der Waals surface area contributed by atoms with Gasteiger partial charge in [0.05, 0.1) is 5.60 Å². The van der Waals surface area contributed by atoms with Gasteiger partial charge in [0.15, 0.2) is 0 Å². The van der Waals surface area contributed by atoms with E-state index in [0.717, 1.165) is 44.4 Å². The lowest BCUT2D eigenvalue weighted by atomic mass is 9.72. The summed E-state index contributed by atoms with van der Waals surface area (Å²) in [5.74, 6) is 1.03. The summed E-state index contributed by atoms with van der Waals surface area (Å²) >= 11 is 0. The summed E-state index contributed by atoms with van der Waals surface area (Å²) in [5.41, 5.74) is 2.05. The number of aromatic nitrogens is 1. The van der Waals surface area contributed by atoms with Gasteiger partial charge in [-0.25, -0.2) is 0 Å². The Morgan fingerprint density at radius 1 is 1.21 bits per heavy atom. The van der Waals surface area contributed by atoms with Gasteiger partial charge < -0.3 is 5.11 Å². The van der Waals surface area contributed by atoms with Gasteiger partial charge in [-0.15, -0.1) is 0 Å². The second-order valence-electron chi connectivity index (χ2n) is 6.63. The summed E-state index contributed by atoms with van der Waals surface area (Å²) in [5, 5.41) is 11.2. The van der Waals surface area contributed by atoms with E-state index in [1.165, 1.54) is 24.1 Å². The van der Waals surface area contributed by atoms with E-state index in [4.69, 9.17) is 0 Å². The van der Waals surface area contributed by atoms with Crippen LogP contribution in [0.2, 0.25) is 0 Å². The van der Waals surface area contributed by atoms with Crippen LogP contribution in [-0.2, 0) is 6.42 Å². The molecule has 1 heterocycles. The molecule has 2 aliphatic rings. The van der Waals surface area contributed by atoms with E-state index >= 15 is 0 Å². The van der Waals surface area contributed by atoms with Crippen LogP contribution in [0.15, 0.2) is 18.3 Å². The largest absolute Gasteiger partial charge is 0.389 e. The minimum atomic E-state index is -0.506. The fourth-order valence-corrected chi connectivity index (χ4v) is 4.00. The molecule has 0 radical (unpaired) electrons. The van der Waals surface area contributed by atoms with Crippen molar-refractivity contribution in [3.05, 3.63) is 29.6 Å². The molecule has 0 bridgehead atoms. The average molecular weight is 259 g/mol. The van der Waals surface area contributed by atoms with Crippen LogP contribution in [0.5, 0.6) is 0 Å². The fraction of sp³-hybridized carbons (Fsp3) is 0.706. The van der Waals surface area contributed by atoms with Crippen LogP contribution in [0.1, 0.15) is 69.0 Å². The van der Waals surface area contributed by atoms with Crippen molar-refractivity contribution in [1.29, 1.82) is 0 Å². The van der Waals surface area contributed by atoms with Crippen molar-refractivity contribution in [2.45, 2.75) is 69.8 Å². The van der Waals surface area contributed by atoms with Crippen LogP contribution >= 0.6 is 0 Å². The van der Waals surface area contributed by atoms with Crippen molar-refractivity contribution in [3.8, 4) is 0 Å². The van der Waals surface area contributed by atoms with Gasteiger partial charge in [0.25, 0.3) is 0 Å². The van der Waals surface area contributed by atoms with Crippen molar-refractivity contribution >= 4 is 0 Å². The van der Waals surface area contributed by atoms with Crippen molar-refractivity contribution in [3.63, 3.8) is 0 Å². The number of aryl methyl sites for hydroxylation is 1. The van der Waals surface area contributed by atoms with Gasteiger partial charge >= 0.3 is 0 Å². The topological polar surface area (TPSA) is 33.1 Å². The number of hydrogen-bond acceptors (Lipinski definition) is 2. The van der Waals surface area contributed by atoms with Gasteiger partial charge in [0.1, 0.15) is 0 Å². The van der Waals surface area contributed by atoms with E-state index in [9.17, 15) is 5.11 Å². The minimum Gasteiger partial charge on any atom is -0.389 e.